The van der Waals surface area contributed by atoms with Gasteiger partial charge in [-0.25, -0.2) is 4.39 Å². The summed E-state index contributed by atoms with van der Waals surface area (Å²) in [7, 11) is 1.55. The van der Waals surface area contributed by atoms with Crippen LogP contribution in [0.4, 0.5) is 4.39 Å². The van der Waals surface area contributed by atoms with Gasteiger partial charge in [-0.3, -0.25) is 4.79 Å². The molecule has 0 aliphatic carbocycles. The zero-order valence-corrected chi connectivity index (χ0v) is 14.1. The monoisotopic (exact) mass is 349 g/mol. The first-order valence-electron chi connectivity index (χ1n) is 7.98. The molecular weight excluding hydrogens is 325 g/mol. The van der Waals surface area contributed by atoms with Crippen molar-refractivity contribution in [3.63, 3.8) is 0 Å². The van der Waals surface area contributed by atoms with E-state index >= 15 is 0 Å². The molecule has 2 unspecified atom stereocenters. The highest BCUT2D eigenvalue weighted by Crippen LogP contribution is 2.11. The molecule has 3 N–H and O–H groups in total. The van der Waals surface area contributed by atoms with Crippen LogP contribution in [0, 0.1) is 5.82 Å². The number of benzene rings is 1. The molecule has 0 radical (unpaired) electrons. The minimum atomic E-state index is -0.795. The normalized spacial score (nSPS) is 14.2. The van der Waals surface area contributed by atoms with Crippen LogP contribution >= 0.6 is 0 Å². The second-order valence-electron chi connectivity index (χ2n) is 5.27. The summed E-state index contributed by atoms with van der Waals surface area (Å²) in [5.41, 5.74) is 0. The summed E-state index contributed by atoms with van der Waals surface area (Å²) in [5, 5.41) is 21.9. The van der Waals surface area contributed by atoms with E-state index in [0.29, 0.717) is 12.2 Å². The predicted molar refractivity (Wildman–Crippen MR) is 94.6 cm³/mol. The van der Waals surface area contributed by atoms with Crippen molar-refractivity contribution in [1.29, 1.82) is 0 Å². The van der Waals surface area contributed by atoms with Crippen LogP contribution in [0.1, 0.15) is 12.8 Å². The van der Waals surface area contributed by atoms with Crippen molar-refractivity contribution in [3.05, 3.63) is 66.5 Å². The second-order valence-corrected chi connectivity index (χ2v) is 5.27. The Morgan fingerprint density at radius 2 is 1.72 bits per heavy atom. The second kappa shape index (κ2) is 12.0. The maximum atomic E-state index is 12.7. The van der Waals surface area contributed by atoms with Crippen LogP contribution in [0.2, 0.25) is 0 Å². The van der Waals surface area contributed by atoms with Gasteiger partial charge in [0.2, 0.25) is 5.91 Å². The van der Waals surface area contributed by atoms with E-state index in [1.807, 2.05) is 0 Å². The summed E-state index contributed by atoms with van der Waals surface area (Å²) in [6.45, 7) is 0.0595. The number of ether oxygens (including phenoxy) is 1. The number of rotatable bonds is 10. The lowest BCUT2D eigenvalue weighted by molar-refractivity contribution is -0.121. The molecule has 0 aliphatic rings. The van der Waals surface area contributed by atoms with Gasteiger partial charge in [-0.2, -0.15) is 0 Å². The molecule has 1 aromatic carbocycles. The highest BCUT2D eigenvalue weighted by atomic mass is 19.1. The number of hydrogen-bond acceptors (Lipinski definition) is 4. The third kappa shape index (κ3) is 10.1. The Bertz CT molecular complexity index is 596. The number of halogens is 1. The number of nitrogens with one attached hydrogen (secondary N) is 1. The summed E-state index contributed by atoms with van der Waals surface area (Å²) in [4.78, 5) is 11.0. The zero-order valence-electron chi connectivity index (χ0n) is 14.1. The van der Waals surface area contributed by atoms with E-state index in [2.05, 4.69) is 5.32 Å². The fourth-order valence-corrected chi connectivity index (χ4v) is 1.78. The van der Waals surface area contributed by atoms with E-state index in [-0.39, 0.29) is 24.8 Å². The van der Waals surface area contributed by atoms with Crippen LogP contribution in [0.5, 0.6) is 5.75 Å². The smallest absolute Gasteiger partial charge is 0.219 e. The van der Waals surface area contributed by atoms with E-state index in [4.69, 9.17) is 4.74 Å². The van der Waals surface area contributed by atoms with E-state index in [1.54, 1.807) is 43.5 Å². The standard InChI is InChI=1S/C19H24FNO4/c1-21-19(24)13-10-16(22)6-4-2-3-5-7-17(23)14-25-18-11-8-15(20)9-12-18/h2-9,11-12,16-17,22-23H,10,13-14H2,1H3,(H,21,24)/b3-2+,6-4+,7-5+. The molecule has 25 heavy (non-hydrogen) atoms. The number of carbonyl (C=O) groups is 1. The van der Waals surface area contributed by atoms with Gasteiger partial charge in [0.25, 0.3) is 0 Å². The summed E-state index contributed by atoms with van der Waals surface area (Å²) in [6.07, 6.45) is 9.01. The predicted octanol–water partition coefficient (Wildman–Crippen LogP) is 2.12. The van der Waals surface area contributed by atoms with Crippen LogP contribution in [0.15, 0.2) is 60.7 Å². The molecule has 0 heterocycles. The summed E-state index contributed by atoms with van der Waals surface area (Å²) >= 11 is 0. The van der Waals surface area contributed by atoms with Crippen molar-refractivity contribution in [2.45, 2.75) is 25.0 Å². The number of amides is 1. The van der Waals surface area contributed by atoms with Gasteiger partial charge in [0.05, 0.1) is 6.10 Å². The Morgan fingerprint density at radius 1 is 1.12 bits per heavy atom. The lowest BCUT2D eigenvalue weighted by atomic mass is 10.2. The van der Waals surface area contributed by atoms with Gasteiger partial charge in [0, 0.05) is 13.5 Å². The quantitative estimate of drug-likeness (QED) is 0.566. The van der Waals surface area contributed by atoms with Crippen molar-refractivity contribution >= 4 is 5.91 Å². The largest absolute Gasteiger partial charge is 0.491 e. The van der Waals surface area contributed by atoms with E-state index < -0.39 is 12.2 Å². The number of aliphatic hydroxyl groups excluding tert-OH is 2. The van der Waals surface area contributed by atoms with Crippen LogP contribution in [-0.4, -0.2) is 42.0 Å². The van der Waals surface area contributed by atoms with Crippen LogP contribution in [0.3, 0.4) is 0 Å². The third-order valence-corrected chi connectivity index (χ3v) is 3.18. The zero-order chi connectivity index (χ0) is 18.5. The lowest BCUT2D eigenvalue weighted by Crippen LogP contribution is -2.19. The van der Waals surface area contributed by atoms with E-state index in [9.17, 15) is 19.4 Å². The molecule has 1 rings (SSSR count). The van der Waals surface area contributed by atoms with Crippen LogP contribution < -0.4 is 10.1 Å². The highest BCUT2D eigenvalue weighted by Gasteiger charge is 2.03. The van der Waals surface area contributed by atoms with Crippen molar-refractivity contribution < 1.29 is 24.1 Å². The Balaban J connectivity index is 2.24. The summed E-state index contributed by atoms with van der Waals surface area (Å²) in [6, 6.07) is 5.56. The Morgan fingerprint density at radius 3 is 2.32 bits per heavy atom. The molecule has 136 valence electrons. The molecule has 0 saturated heterocycles. The molecule has 1 aromatic rings. The highest BCUT2D eigenvalue weighted by molar-refractivity contribution is 5.75. The minimum Gasteiger partial charge on any atom is -0.491 e. The molecule has 0 aromatic heterocycles. The van der Waals surface area contributed by atoms with Gasteiger partial charge in [0.1, 0.15) is 24.3 Å². The maximum absolute atomic E-state index is 12.7. The van der Waals surface area contributed by atoms with Crippen LogP contribution in [0.25, 0.3) is 0 Å². The van der Waals surface area contributed by atoms with Gasteiger partial charge in [-0.1, -0.05) is 36.5 Å². The van der Waals surface area contributed by atoms with Crippen molar-refractivity contribution in [2.75, 3.05) is 13.7 Å². The van der Waals surface area contributed by atoms with E-state index in [1.165, 1.54) is 24.3 Å². The molecular formula is C19H24FNO4. The number of carbonyl (C=O) groups excluding carboxylic acids is 1. The van der Waals surface area contributed by atoms with Gasteiger partial charge >= 0.3 is 0 Å². The molecule has 0 saturated carbocycles. The number of hydrogen-bond donors (Lipinski definition) is 3. The van der Waals surface area contributed by atoms with Gasteiger partial charge in [-0.05, 0) is 30.7 Å². The first kappa shape index (κ1) is 20.6. The van der Waals surface area contributed by atoms with Crippen LogP contribution in [-0.2, 0) is 4.79 Å². The molecule has 0 spiro atoms. The SMILES string of the molecule is CNC(=O)CCC(O)/C=C/C=C/C=C/C(O)COc1ccc(F)cc1. The first-order chi connectivity index (χ1) is 12.0. The maximum Gasteiger partial charge on any atom is 0.219 e. The Kier molecular flexibility index (Phi) is 9.89. The molecule has 6 heteroatoms. The molecule has 5 nitrogen and oxygen atoms in total. The first-order valence-corrected chi connectivity index (χ1v) is 7.98. The van der Waals surface area contributed by atoms with Gasteiger partial charge in [0.15, 0.2) is 0 Å². The average molecular weight is 349 g/mol. The van der Waals surface area contributed by atoms with Crippen molar-refractivity contribution in [1.82, 2.24) is 5.32 Å². The van der Waals surface area contributed by atoms with E-state index in [0.717, 1.165) is 0 Å². The third-order valence-electron chi connectivity index (χ3n) is 3.18. The topological polar surface area (TPSA) is 78.8 Å². The molecule has 0 bridgehead atoms. The fourth-order valence-electron chi connectivity index (χ4n) is 1.78. The molecule has 0 fully saturated rings. The molecule has 0 aliphatic heterocycles. The van der Waals surface area contributed by atoms with Gasteiger partial charge in [-0.15, -0.1) is 0 Å². The Labute approximate surface area is 147 Å². The number of aliphatic hydroxyl groups is 2. The fraction of sp³-hybridized carbons (Fsp3) is 0.316. The van der Waals surface area contributed by atoms with Crippen molar-refractivity contribution in [3.8, 4) is 5.75 Å². The summed E-state index contributed by atoms with van der Waals surface area (Å²) in [5.74, 6) is 0.0329. The summed E-state index contributed by atoms with van der Waals surface area (Å²) < 4.78 is 18.1. The number of allylic oxidation sites excluding steroid dienone is 4. The van der Waals surface area contributed by atoms with Crippen molar-refractivity contribution in [2.24, 2.45) is 0 Å². The lowest BCUT2D eigenvalue weighted by Gasteiger charge is -2.08. The average Bonchev–Trinajstić information content (AvgIpc) is 2.62. The van der Waals surface area contributed by atoms with Gasteiger partial charge < -0.3 is 20.3 Å². The molecule has 1 amide bonds. The Hall–Kier alpha value is -2.44. The molecule has 2 atom stereocenters. The minimum absolute atomic E-state index is 0.0595.